The van der Waals surface area contributed by atoms with Gasteiger partial charge in [0.05, 0.1) is 16.7 Å². The van der Waals surface area contributed by atoms with Gasteiger partial charge in [0.1, 0.15) is 11.2 Å². The molecular weight excluding hydrogens is 452 g/mol. The number of nitrogens with one attached hydrogen (secondary N) is 2. The SMILES string of the molecule is C=c1[nH]nc(-c2nc3nccc(N4CCN(C)CC4)c3[nH]2)/c1=C/C(=NC)c1cncc(CN(C)C)c1. The van der Waals surface area contributed by atoms with E-state index in [2.05, 4.69) is 70.6 Å². The van der Waals surface area contributed by atoms with Crippen LogP contribution in [0.4, 0.5) is 5.69 Å². The summed E-state index contributed by atoms with van der Waals surface area (Å²) in [6.07, 6.45) is 7.51. The smallest absolute Gasteiger partial charge is 0.180 e. The van der Waals surface area contributed by atoms with Crippen LogP contribution in [0.3, 0.4) is 0 Å². The highest BCUT2D eigenvalue weighted by Gasteiger charge is 2.20. The average Bonchev–Trinajstić information content (AvgIpc) is 3.46. The number of H-pyrrole nitrogens is 2. The Labute approximate surface area is 210 Å². The predicted molar refractivity (Wildman–Crippen MR) is 145 cm³/mol. The van der Waals surface area contributed by atoms with Gasteiger partial charge in [0.25, 0.3) is 0 Å². The molecule has 2 N–H and O–H groups in total. The minimum atomic E-state index is 0.645. The first-order valence-electron chi connectivity index (χ1n) is 12.0. The van der Waals surface area contributed by atoms with E-state index in [0.29, 0.717) is 22.5 Å². The van der Waals surface area contributed by atoms with Gasteiger partial charge in [-0.05, 0) is 44.9 Å². The highest BCUT2D eigenvalue weighted by Crippen LogP contribution is 2.26. The van der Waals surface area contributed by atoms with E-state index in [0.717, 1.165) is 66.0 Å². The number of hydrogen-bond acceptors (Lipinski definition) is 8. The molecule has 0 unspecified atom stereocenters. The summed E-state index contributed by atoms with van der Waals surface area (Å²) in [6, 6.07) is 4.16. The van der Waals surface area contributed by atoms with Gasteiger partial charge in [-0.25, -0.2) is 9.97 Å². The molecule has 0 saturated carbocycles. The fourth-order valence-electron chi connectivity index (χ4n) is 4.54. The first kappa shape index (κ1) is 23.8. The Morgan fingerprint density at radius 3 is 2.78 bits per heavy atom. The number of aromatic nitrogens is 6. The van der Waals surface area contributed by atoms with E-state index < -0.39 is 0 Å². The van der Waals surface area contributed by atoms with Crippen molar-refractivity contribution in [2.45, 2.75) is 6.54 Å². The molecule has 4 aromatic rings. The molecule has 0 bridgehead atoms. The average molecular weight is 485 g/mol. The molecular formula is C26H32N10. The van der Waals surface area contributed by atoms with Crippen LogP contribution in [0.5, 0.6) is 0 Å². The summed E-state index contributed by atoms with van der Waals surface area (Å²) in [6.45, 7) is 8.94. The van der Waals surface area contributed by atoms with Crippen molar-refractivity contribution in [3.05, 3.63) is 52.4 Å². The molecule has 1 aliphatic rings. The van der Waals surface area contributed by atoms with Crippen molar-refractivity contribution in [1.82, 2.24) is 39.9 Å². The number of anilines is 1. The Balaban J connectivity index is 1.55. The summed E-state index contributed by atoms with van der Waals surface area (Å²) in [5, 5.41) is 9.07. The number of aromatic amines is 2. The zero-order valence-corrected chi connectivity index (χ0v) is 21.3. The van der Waals surface area contributed by atoms with Crippen molar-refractivity contribution < 1.29 is 0 Å². The quantitative estimate of drug-likeness (QED) is 0.391. The third-order valence-corrected chi connectivity index (χ3v) is 6.43. The van der Waals surface area contributed by atoms with Gasteiger partial charge < -0.3 is 19.7 Å². The van der Waals surface area contributed by atoms with E-state index in [4.69, 9.17) is 4.98 Å². The number of piperazine rings is 1. The maximum atomic E-state index is 4.79. The molecule has 0 atom stereocenters. The monoisotopic (exact) mass is 484 g/mol. The first-order valence-corrected chi connectivity index (χ1v) is 12.0. The molecule has 1 saturated heterocycles. The van der Waals surface area contributed by atoms with Crippen LogP contribution >= 0.6 is 0 Å². The van der Waals surface area contributed by atoms with Crippen LogP contribution < -0.4 is 15.5 Å². The van der Waals surface area contributed by atoms with Gasteiger partial charge in [0.15, 0.2) is 11.5 Å². The normalized spacial score (nSPS) is 16.0. The second-order valence-corrected chi connectivity index (χ2v) is 9.44. The van der Waals surface area contributed by atoms with E-state index in [9.17, 15) is 0 Å². The summed E-state index contributed by atoms with van der Waals surface area (Å²) in [5.41, 5.74) is 6.24. The Morgan fingerprint density at radius 2 is 2.03 bits per heavy atom. The number of rotatable bonds is 6. The molecule has 5 heterocycles. The largest absolute Gasteiger partial charge is 0.367 e. The molecule has 186 valence electrons. The summed E-state index contributed by atoms with van der Waals surface area (Å²) in [4.78, 5) is 28.6. The minimum Gasteiger partial charge on any atom is -0.367 e. The Kier molecular flexibility index (Phi) is 6.62. The molecule has 10 heteroatoms. The molecule has 0 radical (unpaired) electrons. The summed E-state index contributed by atoms with van der Waals surface area (Å²) in [5.74, 6) is 0.645. The lowest BCUT2D eigenvalue weighted by Gasteiger charge is -2.34. The fraction of sp³-hybridized carbons (Fsp3) is 0.346. The third kappa shape index (κ3) is 4.77. The standard InChI is InChI=1S/C26H32N10/c1-17-20(13-21(27-2)19-12-18(14-28-15-19)16-34(3)4)23(33-32-17)26-30-24-22(6-7-29-25(24)31-26)36-10-8-35(5)9-11-36/h6-7,12-15,32H,1,8-11,16H2,2-5H3,(H,29,30,31)/b20-13+,27-21?. The number of imidazole rings is 1. The van der Waals surface area contributed by atoms with Gasteiger partial charge in [-0.15, -0.1) is 0 Å². The van der Waals surface area contributed by atoms with Gasteiger partial charge in [0, 0.05) is 69.1 Å². The molecule has 1 aliphatic heterocycles. The van der Waals surface area contributed by atoms with Crippen LogP contribution in [0, 0.1) is 0 Å². The highest BCUT2D eigenvalue weighted by atomic mass is 15.3. The number of nitrogens with zero attached hydrogens (tertiary/aromatic N) is 8. The topological polar surface area (TPSA) is 105 Å². The molecule has 0 amide bonds. The second-order valence-electron chi connectivity index (χ2n) is 9.44. The molecule has 4 aromatic heterocycles. The van der Waals surface area contributed by atoms with Crippen molar-refractivity contribution in [3.63, 3.8) is 0 Å². The number of fused-ring (bicyclic) bond motifs is 1. The summed E-state index contributed by atoms with van der Waals surface area (Å²) in [7, 11) is 8.01. The highest BCUT2D eigenvalue weighted by molar-refractivity contribution is 6.21. The van der Waals surface area contributed by atoms with Crippen LogP contribution in [0.2, 0.25) is 0 Å². The van der Waals surface area contributed by atoms with Crippen molar-refractivity contribution in [1.29, 1.82) is 0 Å². The van der Waals surface area contributed by atoms with E-state index in [1.54, 1.807) is 7.05 Å². The predicted octanol–water partition coefficient (Wildman–Crippen LogP) is 0.866. The van der Waals surface area contributed by atoms with Crippen LogP contribution in [0.15, 0.2) is 35.7 Å². The molecule has 0 aromatic carbocycles. The fourth-order valence-corrected chi connectivity index (χ4v) is 4.54. The van der Waals surface area contributed by atoms with E-state index >= 15 is 0 Å². The van der Waals surface area contributed by atoms with Gasteiger partial charge in [-0.2, -0.15) is 5.10 Å². The Hall–Kier alpha value is -3.89. The molecule has 10 nitrogen and oxygen atoms in total. The molecule has 0 spiro atoms. The zero-order valence-electron chi connectivity index (χ0n) is 21.3. The van der Waals surface area contributed by atoms with Crippen molar-refractivity contribution in [2.24, 2.45) is 4.99 Å². The number of likely N-dealkylation sites (N-methyl/N-ethyl adjacent to an activating group) is 1. The van der Waals surface area contributed by atoms with Crippen molar-refractivity contribution in [3.8, 4) is 11.5 Å². The third-order valence-electron chi connectivity index (χ3n) is 6.43. The van der Waals surface area contributed by atoms with E-state index in [1.807, 2.05) is 38.8 Å². The molecule has 1 fully saturated rings. The first-order chi connectivity index (χ1) is 17.4. The van der Waals surface area contributed by atoms with E-state index in [1.165, 1.54) is 0 Å². The van der Waals surface area contributed by atoms with Gasteiger partial charge in [0.2, 0.25) is 0 Å². The maximum absolute atomic E-state index is 4.79. The Bertz CT molecular complexity index is 1510. The lowest BCUT2D eigenvalue weighted by Crippen LogP contribution is -2.44. The van der Waals surface area contributed by atoms with Crippen LogP contribution in [0.25, 0.3) is 35.3 Å². The van der Waals surface area contributed by atoms with E-state index in [-0.39, 0.29) is 0 Å². The van der Waals surface area contributed by atoms with Gasteiger partial charge >= 0.3 is 0 Å². The summed E-state index contributed by atoms with van der Waals surface area (Å²) >= 11 is 0. The van der Waals surface area contributed by atoms with Crippen LogP contribution in [-0.2, 0) is 6.54 Å². The van der Waals surface area contributed by atoms with Crippen LogP contribution in [0.1, 0.15) is 11.1 Å². The summed E-state index contributed by atoms with van der Waals surface area (Å²) < 4.78 is 0. The minimum absolute atomic E-state index is 0.645. The number of hydrogen-bond donors (Lipinski definition) is 2. The lowest BCUT2D eigenvalue weighted by atomic mass is 10.1. The zero-order chi connectivity index (χ0) is 25.2. The van der Waals surface area contributed by atoms with Gasteiger partial charge in [-0.1, -0.05) is 6.58 Å². The molecule has 0 aliphatic carbocycles. The lowest BCUT2D eigenvalue weighted by molar-refractivity contribution is 0.313. The maximum Gasteiger partial charge on any atom is 0.180 e. The number of pyridine rings is 2. The van der Waals surface area contributed by atoms with Crippen molar-refractivity contribution in [2.75, 3.05) is 59.3 Å². The molecule has 36 heavy (non-hydrogen) atoms. The van der Waals surface area contributed by atoms with Crippen LogP contribution in [-0.4, -0.2) is 100 Å². The Morgan fingerprint density at radius 1 is 1.22 bits per heavy atom. The number of aliphatic imine (C=N–C) groups is 1. The second kappa shape index (κ2) is 10.00. The molecule has 5 rings (SSSR count). The van der Waals surface area contributed by atoms with Crippen molar-refractivity contribution >= 4 is 35.2 Å². The van der Waals surface area contributed by atoms with Gasteiger partial charge in [-0.3, -0.25) is 15.1 Å².